The number of nitrogens with zero attached hydrogens (tertiary/aromatic N) is 7. The number of carbonyl (C=O) groups excluding carboxylic acids is 1. The molecule has 1 aliphatic carbocycles. The number of amides is 1. The quantitative estimate of drug-likeness (QED) is 0.101. The Morgan fingerprint density at radius 2 is 1.58 bits per heavy atom. The third-order valence-corrected chi connectivity index (χ3v) is 17.7. The van der Waals surface area contributed by atoms with Gasteiger partial charge in [-0.3, -0.25) is 14.7 Å². The van der Waals surface area contributed by atoms with Gasteiger partial charge >= 0.3 is 6.01 Å². The zero-order valence-electron chi connectivity index (χ0n) is 44.1. The summed E-state index contributed by atoms with van der Waals surface area (Å²) in [6.07, 6.45) is 16.4. The van der Waals surface area contributed by atoms with Gasteiger partial charge in [0, 0.05) is 80.0 Å². The van der Waals surface area contributed by atoms with Crippen LogP contribution >= 0.6 is 0 Å². The van der Waals surface area contributed by atoms with Gasteiger partial charge in [-0.2, -0.15) is 9.97 Å². The Hall–Kier alpha value is -6.60. The fourth-order valence-electron chi connectivity index (χ4n) is 13.3. The zero-order valence-corrected chi connectivity index (χ0v) is 44.1. The lowest BCUT2D eigenvalue weighted by molar-refractivity contribution is 0.0747. The number of likely N-dealkylation sites (tertiary alicyclic amines) is 2. The van der Waals surface area contributed by atoms with Crippen molar-refractivity contribution in [1.82, 2.24) is 35.0 Å². The molecule has 2 aromatic heterocycles. The molecule has 13 nitrogen and oxygen atoms in total. The van der Waals surface area contributed by atoms with Crippen molar-refractivity contribution in [3.05, 3.63) is 106 Å². The molecule has 7 heterocycles. The maximum atomic E-state index is 17.2. The molecule has 2 unspecified atom stereocenters. The number of methoxy groups -OCH3 is 2. The van der Waals surface area contributed by atoms with E-state index in [4.69, 9.17) is 30.6 Å². The molecule has 5 fully saturated rings. The van der Waals surface area contributed by atoms with Gasteiger partial charge in [-0.1, -0.05) is 44.0 Å². The summed E-state index contributed by atoms with van der Waals surface area (Å²) in [6, 6.07) is 16.9. The van der Waals surface area contributed by atoms with E-state index in [1.807, 2.05) is 17.0 Å². The Kier molecular flexibility index (Phi) is 13.5. The van der Waals surface area contributed by atoms with Crippen LogP contribution in [0.1, 0.15) is 109 Å². The standard InChI is InChI=1S/C61H68F2N8O5/c1-6-46-51(62)12-9-40-24-45(72)25-49(54(40)46)56-55(63)57-50(28-64-56)58(70-32-43-10-11-44(33-70)65-43)67-60(66-57)76-35-61(17-18-61)34-69-21-15-39(16-22-69)38-13-19-68(20-14-38)29-37-7-8-41-30-71(31-42(41)23-37)59(73)48-26-47(36(2)3)52(74-4)27-53(48)75-5/h1,7-9,12,23-28,36,38-39,43-44,65,72H,10-11,13-22,29-35H2,2-5H3. The Bertz CT molecular complexity index is 3260. The van der Waals surface area contributed by atoms with Crippen LogP contribution in [0.25, 0.3) is 32.9 Å². The average molecular weight is 1030 g/mol. The monoisotopic (exact) mass is 1030 g/mol. The van der Waals surface area contributed by atoms with Crippen LogP contribution in [0.2, 0.25) is 0 Å². The molecule has 2 N–H and O–H groups in total. The van der Waals surface area contributed by atoms with Crippen LogP contribution in [-0.2, 0) is 19.6 Å². The van der Waals surface area contributed by atoms with Crippen LogP contribution in [0, 0.1) is 41.2 Å². The van der Waals surface area contributed by atoms with Crippen LogP contribution in [0.4, 0.5) is 14.6 Å². The molecule has 2 atom stereocenters. The smallest absolute Gasteiger partial charge is 0.319 e. The summed E-state index contributed by atoms with van der Waals surface area (Å²) >= 11 is 0. The van der Waals surface area contributed by atoms with E-state index in [0.717, 1.165) is 101 Å². The summed E-state index contributed by atoms with van der Waals surface area (Å²) in [5.41, 5.74) is 5.40. The van der Waals surface area contributed by atoms with Crippen LogP contribution in [0.5, 0.6) is 23.3 Å². The lowest BCUT2D eigenvalue weighted by Gasteiger charge is -2.41. The van der Waals surface area contributed by atoms with Gasteiger partial charge in [0.15, 0.2) is 5.82 Å². The number of terminal acetylenes is 1. The summed E-state index contributed by atoms with van der Waals surface area (Å²) in [4.78, 5) is 37.6. The van der Waals surface area contributed by atoms with Crippen molar-refractivity contribution in [2.45, 2.75) is 103 Å². The number of hydrogen-bond acceptors (Lipinski definition) is 12. The molecule has 1 saturated carbocycles. The second kappa shape index (κ2) is 20.4. The molecule has 1 amide bonds. The van der Waals surface area contributed by atoms with Gasteiger partial charge in [0.2, 0.25) is 0 Å². The molecule has 76 heavy (non-hydrogen) atoms. The second-order valence-corrected chi connectivity index (χ2v) is 22.9. The first kappa shape index (κ1) is 50.2. The number of nitrogens with one attached hydrogen (secondary N) is 1. The first-order valence-corrected chi connectivity index (χ1v) is 27.4. The Morgan fingerprint density at radius 1 is 0.868 bits per heavy atom. The third kappa shape index (κ3) is 9.66. The molecule has 6 aromatic rings. The van der Waals surface area contributed by atoms with Crippen LogP contribution in [0.3, 0.4) is 0 Å². The highest BCUT2D eigenvalue weighted by Crippen LogP contribution is 2.48. The number of phenols is 1. The topological polar surface area (TPSA) is 129 Å². The van der Waals surface area contributed by atoms with Gasteiger partial charge in [0.25, 0.3) is 5.91 Å². The van der Waals surface area contributed by atoms with E-state index in [9.17, 15) is 9.90 Å². The SMILES string of the molecule is C#Cc1c(F)ccc2cc(O)cc(-c3ncc4c(N5CC6CCC(C5)N6)nc(OCC5(CN6CCC(C7CCN(Cc8ccc9c(c8)CN(C(=O)c8cc(C(C)C)c(OC)cc8OC)C9)CC7)CC6)CC5)nc4c3F)c12. The highest BCUT2D eigenvalue weighted by atomic mass is 19.1. The fraction of sp³-hybridized carbons (Fsp3) is 0.475. The number of hydrogen-bond donors (Lipinski definition) is 2. The number of benzene rings is 4. The van der Waals surface area contributed by atoms with Crippen LogP contribution in [0.15, 0.2) is 60.8 Å². The van der Waals surface area contributed by atoms with E-state index in [0.29, 0.717) is 65.1 Å². The number of rotatable bonds is 14. The Balaban J connectivity index is 0.666. The zero-order chi connectivity index (χ0) is 52.4. The number of ether oxygens (including phenoxy) is 3. The predicted molar refractivity (Wildman–Crippen MR) is 290 cm³/mol. The molecule has 396 valence electrons. The Labute approximate surface area is 443 Å². The molecule has 0 radical (unpaired) electrons. The van der Waals surface area contributed by atoms with Gasteiger partial charge in [-0.25, -0.2) is 8.78 Å². The normalized spacial score (nSPS) is 20.9. The maximum absolute atomic E-state index is 17.2. The summed E-state index contributed by atoms with van der Waals surface area (Å²) in [6.45, 7) is 13.5. The van der Waals surface area contributed by atoms with Gasteiger partial charge in [0.05, 0.1) is 37.3 Å². The predicted octanol–water partition coefficient (Wildman–Crippen LogP) is 9.83. The van der Waals surface area contributed by atoms with Crippen molar-refractivity contribution in [1.29, 1.82) is 0 Å². The molecule has 6 aliphatic rings. The molecule has 12 rings (SSSR count). The molecule has 4 aromatic carbocycles. The summed E-state index contributed by atoms with van der Waals surface area (Å²) in [7, 11) is 3.25. The van der Waals surface area contributed by atoms with Gasteiger partial charge in [-0.05, 0) is 147 Å². The van der Waals surface area contributed by atoms with E-state index in [2.05, 4.69) is 63.0 Å². The van der Waals surface area contributed by atoms with Gasteiger partial charge < -0.3 is 39.3 Å². The Morgan fingerprint density at radius 3 is 2.26 bits per heavy atom. The van der Waals surface area contributed by atoms with Crippen LogP contribution in [-0.4, -0.2) is 119 Å². The molecular formula is C61H68F2N8O5. The largest absolute Gasteiger partial charge is 0.508 e. The fourth-order valence-corrected chi connectivity index (χ4v) is 13.3. The number of anilines is 1. The lowest BCUT2D eigenvalue weighted by atomic mass is 9.78. The molecule has 15 heteroatoms. The van der Waals surface area contributed by atoms with Crippen molar-refractivity contribution in [3.63, 3.8) is 0 Å². The number of aromatic hydroxyl groups is 1. The van der Waals surface area contributed by atoms with Crippen molar-refractivity contribution in [3.8, 4) is 46.9 Å². The minimum atomic E-state index is -0.715. The number of aromatic nitrogens is 3. The summed E-state index contributed by atoms with van der Waals surface area (Å²) in [5, 5.41) is 15.6. The summed E-state index contributed by atoms with van der Waals surface area (Å²) < 4.78 is 50.1. The van der Waals surface area contributed by atoms with E-state index in [1.165, 1.54) is 66.6 Å². The molecule has 0 spiro atoms. The number of fused-ring (bicyclic) bond motifs is 5. The number of carbonyl (C=O) groups is 1. The number of piperidine rings is 2. The highest BCUT2D eigenvalue weighted by molar-refractivity contribution is 6.03. The van der Waals surface area contributed by atoms with Crippen molar-refractivity contribution < 1.29 is 32.9 Å². The molecule has 2 bridgehead atoms. The van der Waals surface area contributed by atoms with Crippen molar-refractivity contribution in [2.24, 2.45) is 17.3 Å². The summed E-state index contributed by atoms with van der Waals surface area (Å²) in [5.74, 6) is 4.46. The van der Waals surface area contributed by atoms with E-state index >= 15 is 8.78 Å². The van der Waals surface area contributed by atoms with E-state index in [-0.39, 0.29) is 51.3 Å². The number of piperazine rings is 1. The lowest BCUT2D eigenvalue weighted by Crippen LogP contribution is -2.51. The van der Waals surface area contributed by atoms with Crippen molar-refractivity contribution in [2.75, 3.05) is 71.5 Å². The minimum Gasteiger partial charge on any atom is -0.508 e. The van der Waals surface area contributed by atoms with Crippen molar-refractivity contribution >= 4 is 33.4 Å². The number of pyridine rings is 1. The molecule has 4 saturated heterocycles. The third-order valence-electron chi connectivity index (χ3n) is 17.7. The van der Waals surface area contributed by atoms with Gasteiger partial charge in [0.1, 0.15) is 40.1 Å². The highest BCUT2D eigenvalue weighted by Gasteiger charge is 2.46. The molecule has 5 aliphatic heterocycles. The molecular weight excluding hydrogens is 963 g/mol. The second-order valence-electron chi connectivity index (χ2n) is 22.9. The van der Waals surface area contributed by atoms with Gasteiger partial charge in [-0.15, -0.1) is 6.42 Å². The van der Waals surface area contributed by atoms with E-state index < -0.39 is 11.6 Å². The first-order chi connectivity index (χ1) is 36.9. The minimum absolute atomic E-state index is 0.0179. The number of phenolic OH excluding ortho intramolecular Hbond substituents is 1. The van der Waals surface area contributed by atoms with Crippen LogP contribution < -0.4 is 24.4 Å². The number of halogens is 2. The van der Waals surface area contributed by atoms with E-state index in [1.54, 1.807) is 20.4 Å². The maximum Gasteiger partial charge on any atom is 0.319 e. The average Bonchev–Trinajstić information content (AvgIpc) is 4.02. The first-order valence-electron chi connectivity index (χ1n) is 27.4.